The van der Waals surface area contributed by atoms with Crippen LogP contribution >= 0.6 is 11.8 Å². The molecule has 6 heteroatoms. The van der Waals surface area contributed by atoms with Gasteiger partial charge in [-0.1, -0.05) is 54.2 Å². The van der Waals surface area contributed by atoms with Crippen molar-refractivity contribution in [2.45, 2.75) is 12.2 Å². The zero-order chi connectivity index (χ0) is 17.5. The maximum atomic E-state index is 12.6. The average molecular weight is 343 g/mol. The van der Waals surface area contributed by atoms with E-state index < -0.39 is 11.2 Å². The van der Waals surface area contributed by atoms with Crippen LogP contribution in [0.1, 0.15) is 27.6 Å². The molecule has 1 atom stereocenters. The molecule has 1 unspecified atom stereocenters. The van der Waals surface area contributed by atoms with Crippen molar-refractivity contribution in [2.75, 3.05) is 11.9 Å². The van der Waals surface area contributed by atoms with E-state index in [1.165, 1.54) is 0 Å². The second-order valence-corrected chi connectivity index (χ2v) is 6.38. The largest absolute Gasteiger partial charge is 0.480 e. The number of hydrogen-bond acceptors (Lipinski definition) is 5. The minimum absolute atomic E-state index is 0.174. The van der Waals surface area contributed by atoms with Crippen molar-refractivity contribution in [3.63, 3.8) is 0 Å². The van der Waals surface area contributed by atoms with Gasteiger partial charge in [0.05, 0.1) is 5.25 Å². The lowest BCUT2D eigenvalue weighted by molar-refractivity contribution is -0.134. The van der Waals surface area contributed by atoms with Gasteiger partial charge in [-0.05, 0) is 19.1 Å². The summed E-state index contributed by atoms with van der Waals surface area (Å²) in [5.41, 5.74) is 1.36. The molecule has 2 aromatic rings. The molecule has 0 fully saturated rings. The zero-order valence-electron chi connectivity index (χ0n) is 13.1. The number of Topliss-reactive ketones (excluding diaryl/α,β-unsaturated/α-hetero) is 1. The first-order valence-corrected chi connectivity index (χ1v) is 8.22. The van der Waals surface area contributed by atoms with Gasteiger partial charge in [0.25, 0.3) is 0 Å². The Morgan fingerprint density at radius 1 is 1.04 bits per heavy atom. The normalized spacial score (nSPS) is 11.5. The van der Waals surface area contributed by atoms with Crippen molar-refractivity contribution in [3.05, 3.63) is 65.7 Å². The van der Waals surface area contributed by atoms with E-state index in [1.54, 1.807) is 55.5 Å². The standard InChI is InChI=1S/C18H17NO4S/c1-12(24-18(23)13-7-3-2-4-8-13)17(22)14-9-5-6-10-15(14)19-11-16(20)21/h2-10,12,19H,11H2,1H3,(H,20,21). The molecule has 24 heavy (non-hydrogen) atoms. The van der Waals surface area contributed by atoms with Crippen LogP contribution in [0.2, 0.25) is 0 Å². The molecule has 0 aliphatic carbocycles. The number of thioether (sulfide) groups is 1. The number of benzene rings is 2. The van der Waals surface area contributed by atoms with Crippen molar-refractivity contribution >= 4 is 34.3 Å². The average Bonchev–Trinajstić information content (AvgIpc) is 2.60. The van der Waals surface area contributed by atoms with E-state index in [1.807, 2.05) is 6.07 Å². The van der Waals surface area contributed by atoms with Crippen LogP contribution in [-0.2, 0) is 4.79 Å². The Morgan fingerprint density at radius 3 is 2.33 bits per heavy atom. The van der Waals surface area contributed by atoms with Crippen LogP contribution in [-0.4, -0.2) is 33.8 Å². The van der Waals surface area contributed by atoms with Gasteiger partial charge in [0.15, 0.2) is 5.78 Å². The fourth-order valence-corrected chi connectivity index (χ4v) is 2.93. The highest BCUT2D eigenvalue weighted by Gasteiger charge is 2.22. The Morgan fingerprint density at radius 2 is 1.67 bits per heavy atom. The molecule has 0 aliphatic rings. The first kappa shape index (κ1) is 17.7. The summed E-state index contributed by atoms with van der Waals surface area (Å²) < 4.78 is 0. The van der Waals surface area contributed by atoms with Crippen LogP contribution < -0.4 is 5.32 Å². The molecule has 2 rings (SSSR count). The number of carboxylic acid groups (broad SMARTS) is 1. The van der Waals surface area contributed by atoms with E-state index in [-0.39, 0.29) is 17.4 Å². The molecule has 0 saturated carbocycles. The smallest absolute Gasteiger partial charge is 0.322 e. The highest BCUT2D eigenvalue weighted by molar-refractivity contribution is 8.15. The van der Waals surface area contributed by atoms with Gasteiger partial charge in [0.2, 0.25) is 5.12 Å². The predicted molar refractivity (Wildman–Crippen MR) is 94.7 cm³/mol. The lowest BCUT2D eigenvalue weighted by atomic mass is 10.1. The summed E-state index contributed by atoms with van der Waals surface area (Å²) in [6.07, 6.45) is 0. The summed E-state index contributed by atoms with van der Waals surface area (Å²) in [6.45, 7) is 1.39. The number of anilines is 1. The maximum Gasteiger partial charge on any atom is 0.322 e. The molecule has 0 radical (unpaired) electrons. The minimum Gasteiger partial charge on any atom is -0.480 e. The Balaban J connectivity index is 2.10. The monoisotopic (exact) mass is 343 g/mol. The third-order valence-corrected chi connectivity index (χ3v) is 4.30. The van der Waals surface area contributed by atoms with Gasteiger partial charge in [0, 0.05) is 16.8 Å². The number of ketones is 1. The van der Waals surface area contributed by atoms with Gasteiger partial charge in [0.1, 0.15) is 6.54 Å². The fraction of sp³-hybridized carbons (Fsp3) is 0.167. The third-order valence-electron chi connectivity index (χ3n) is 3.29. The van der Waals surface area contributed by atoms with Crippen molar-refractivity contribution in [1.29, 1.82) is 0 Å². The highest BCUT2D eigenvalue weighted by Crippen LogP contribution is 2.24. The zero-order valence-corrected chi connectivity index (χ0v) is 13.9. The van der Waals surface area contributed by atoms with Crippen molar-refractivity contribution in [1.82, 2.24) is 0 Å². The lowest BCUT2D eigenvalue weighted by Crippen LogP contribution is -2.19. The van der Waals surface area contributed by atoms with Crippen molar-refractivity contribution in [3.8, 4) is 0 Å². The maximum absolute atomic E-state index is 12.6. The number of para-hydroxylation sites is 1. The molecule has 124 valence electrons. The lowest BCUT2D eigenvalue weighted by Gasteiger charge is -2.13. The van der Waals surface area contributed by atoms with E-state index in [9.17, 15) is 14.4 Å². The molecule has 0 heterocycles. The van der Waals surface area contributed by atoms with Crippen LogP contribution in [0.4, 0.5) is 5.69 Å². The van der Waals surface area contributed by atoms with Gasteiger partial charge in [-0.3, -0.25) is 14.4 Å². The summed E-state index contributed by atoms with van der Waals surface area (Å²) in [6, 6.07) is 15.5. The summed E-state index contributed by atoms with van der Waals surface area (Å²) in [4.78, 5) is 35.5. The SMILES string of the molecule is CC(SC(=O)c1ccccc1)C(=O)c1ccccc1NCC(=O)O. The topological polar surface area (TPSA) is 83.5 Å². The van der Waals surface area contributed by atoms with E-state index >= 15 is 0 Å². The van der Waals surface area contributed by atoms with E-state index in [4.69, 9.17) is 5.11 Å². The van der Waals surface area contributed by atoms with Crippen LogP contribution in [0.5, 0.6) is 0 Å². The number of nitrogens with one attached hydrogen (secondary N) is 1. The number of rotatable bonds is 7. The molecule has 2 aromatic carbocycles. The van der Waals surface area contributed by atoms with Gasteiger partial charge >= 0.3 is 5.97 Å². The van der Waals surface area contributed by atoms with Gasteiger partial charge in [-0.2, -0.15) is 0 Å². The minimum atomic E-state index is -1.01. The second kappa shape index (κ2) is 8.31. The van der Waals surface area contributed by atoms with Crippen LogP contribution in [0.25, 0.3) is 0 Å². The van der Waals surface area contributed by atoms with E-state index in [0.29, 0.717) is 16.8 Å². The van der Waals surface area contributed by atoms with Gasteiger partial charge in [-0.15, -0.1) is 0 Å². The Bertz CT molecular complexity index is 746. The third kappa shape index (κ3) is 4.70. The molecular formula is C18H17NO4S. The highest BCUT2D eigenvalue weighted by atomic mass is 32.2. The molecule has 0 aliphatic heterocycles. The van der Waals surface area contributed by atoms with E-state index in [0.717, 1.165) is 11.8 Å². The molecule has 2 N–H and O–H groups in total. The Hall–Kier alpha value is -2.60. The molecular weight excluding hydrogens is 326 g/mol. The molecule has 0 amide bonds. The van der Waals surface area contributed by atoms with Crippen molar-refractivity contribution < 1.29 is 19.5 Å². The van der Waals surface area contributed by atoms with Gasteiger partial charge in [-0.25, -0.2) is 0 Å². The number of aliphatic carboxylic acids is 1. The Kier molecular flexibility index (Phi) is 6.14. The summed E-state index contributed by atoms with van der Waals surface area (Å²) in [5, 5.41) is 10.7. The van der Waals surface area contributed by atoms with Crippen LogP contribution in [0, 0.1) is 0 Å². The molecule has 0 bridgehead atoms. The molecule has 5 nitrogen and oxygen atoms in total. The summed E-state index contributed by atoms with van der Waals surface area (Å²) >= 11 is 0.956. The van der Waals surface area contributed by atoms with Gasteiger partial charge < -0.3 is 10.4 Å². The molecule has 0 aromatic heterocycles. The quantitative estimate of drug-likeness (QED) is 0.750. The van der Waals surface area contributed by atoms with Crippen LogP contribution in [0.15, 0.2) is 54.6 Å². The number of carboxylic acids is 1. The first-order valence-electron chi connectivity index (χ1n) is 7.34. The molecule has 0 saturated heterocycles. The fourth-order valence-electron chi connectivity index (χ4n) is 2.10. The predicted octanol–water partition coefficient (Wildman–Crippen LogP) is 3.33. The number of carbonyl (C=O) groups excluding carboxylic acids is 2. The van der Waals surface area contributed by atoms with Crippen molar-refractivity contribution in [2.24, 2.45) is 0 Å². The summed E-state index contributed by atoms with van der Waals surface area (Å²) in [7, 11) is 0. The van der Waals surface area contributed by atoms with E-state index in [2.05, 4.69) is 5.32 Å². The Labute approximate surface area is 144 Å². The number of hydrogen-bond donors (Lipinski definition) is 2. The summed E-state index contributed by atoms with van der Waals surface area (Å²) in [5.74, 6) is -1.24. The second-order valence-electron chi connectivity index (χ2n) is 5.07. The first-order chi connectivity index (χ1) is 11.5. The molecule has 0 spiro atoms. The van der Waals surface area contributed by atoms with Crippen LogP contribution in [0.3, 0.4) is 0 Å². The number of carbonyl (C=O) groups is 3.